The first kappa shape index (κ1) is 12.7. The number of rotatable bonds is 3. The third-order valence-corrected chi connectivity index (χ3v) is 3.78. The Kier molecular flexibility index (Phi) is 3.38. The second-order valence-corrected chi connectivity index (χ2v) is 4.93. The smallest absolute Gasteiger partial charge is 0.167 e. The fourth-order valence-corrected chi connectivity index (χ4v) is 2.87. The molecule has 2 nitrogen and oxygen atoms in total. The average molecular weight is 264 g/mol. The maximum Gasteiger partial charge on any atom is 0.167 e. The summed E-state index contributed by atoms with van der Waals surface area (Å²) < 4.78 is 5.44. The summed E-state index contributed by atoms with van der Waals surface area (Å²) in [6.45, 7) is 0. The van der Waals surface area contributed by atoms with Crippen molar-refractivity contribution in [3.8, 4) is 0 Å². The molecule has 1 aliphatic rings. The van der Waals surface area contributed by atoms with Gasteiger partial charge in [-0.1, -0.05) is 60.7 Å². The van der Waals surface area contributed by atoms with Gasteiger partial charge in [0.1, 0.15) is 5.76 Å². The zero-order valence-electron chi connectivity index (χ0n) is 11.3. The van der Waals surface area contributed by atoms with Gasteiger partial charge in [0.25, 0.3) is 0 Å². The molecule has 2 heteroatoms. The fraction of sp³-hybridized carbons (Fsp3) is 0.167. The largest absolute Gasteiger partial charge is 0.500 e. The summed E-state index contributed by atoms with van der Waals surface area (Å²) in [4.78, 5) is 12.4. The highest BCUT2D eigenvalue weighted by atomic mass is 16.5. The van der Waals surface area contributed by atoms with E-state index in [9.17, 15) is 4.79 Å². The van der Waals surface area contributed by atoms with E-state index < -0.39 is 0 Å². The topological polar surface area (TPSA) is 26.3 Å². The maximum atomic E-state index is 12.4. The van der Waals surface area contributed by atoms with Gasteiger partial charge in [0.15, 0.2) is 5.78 Å². The lowest BCUT2D eigenvalue weighted by Gasteiger charge is -2.22. The molecule has 0 aromatic heterocycles. The van der Waals surface area contributed by atoms with Crippen molar-refractivity contribution in [2.24, 2.45) is 0 Å². The summed E-state index contributed by atoms with van der Waals surface area (Å²) in [5.74, 6) is 0.640. The molecule has 20 heavy (non-hydrogen) atoms. The van der Waals surface area contributed by atoms with E-state index in [0.29, 0.717) is 0 Å². The van der Waals surface area contributed by atoms with Gasteiger partial charge in [-0.2, -0.15) is 0 Å². The number of benzene rings is 2. The number of ketones is 1. The third kappa shape index (κ3) is 2.14. The first-order valence-electron chi connectivity index (χ1n) is 6.70. The fourth-order valence-electron chi connectivity index (χ4n) is 2.87. The number of carbonyl (C=O) groups excluding carboxylic acids is 1. The molecule has 0 saturated carbocycles. The van der Waals surface area contributed by atoms with Crippen molar-refractivity contribution in [1.82, 2.24) is 0 Å². The quantitative estimate of drug-likeness (QED) is 0.845. The standard InChI is InChI=1S/C18H16O2/c1-20-16-12-15(19)17(13-8-4-2-5-9-13)18(16)14-10-6-3-7-11-14/h2-12,17-18H,1H3/t17-,18+/m0/s1. The van der Waals surface area contributed by atoms with Gasteiger partial charge in [-0.05, 0) is 11.1 Å². The summed E-state index contributed by atoms with van der Waals surface area (Å²) in [6, 6.07) is 20.0. The van der Waals surface area contributed by atoms with Crippen LogP contribution in [0, 0.1) is 0 Å². The summed E-state index contributed by atoms with van der Waals surface area (Å²) in [7, 11) is 1.63. The number of allylic oxidation sites excluding steroid dienone is 2. The van der Waals surface area contributed by atoms with Gasteiger partial charge in [-0.15, -0.1) is 0 Å². The monoisotopic (exact) mass is 264 g/mol. The van der Waals surface area contributed by atoms with E-state index in [1.54, 1.807) is 13.2 Å². The molecule has 3 rings (SSSR count). The molecule has 0 unspecified atom stereocenters. The van der Waals surface area contributed by atoms with E-state index >= 15 is 0 Å². The van der Waals surface area contributed by atoms with Gasteiger partial charge >= 0.3 is 0 Å². The van der Waals surface area contributed by atoms with Crippen LogP contribution in [-0.4, -0.2) is 12.9 Å². The Morgan fingerprint density at radius 1 is 0.800 bits per heavy atom. The van der Waals surface area contributed by atoms with Gasteiger partial charge in [0.2, 0.25) is 0 Å². The van der Waals surface area contributed by atoms with Crippen LogP contribution < -0.4 is 0 Å². The highest BCUT2D eigenvalue weighted by Crippen LogP contribution is 2.44. The van der Waals surface area contributed by atoms with Gasteiger partial charge in [-0.25, -0.2) is 0 Å². The molecule has 2 atom stereocenters. The van der Waals surface area contributed by atoms with Gasteiger partial charge in [0, 0.05) is 6.08 Å². The summed E-state index contributed by atoms with van der Waals surface area (Å²) in [6.07, 6.45) is 1.63. The van der Waals surface area contributed by atoms with E-state index in [4.69, 9.17) is 4.74 Å². The molecule has 1 aliphatic carbocycles. The minimum Gasteiger partial charge on any atom is -0.500 e. The molecule has 0 aliphatic heterocycles. The molecule has 0 radical (unpaired) electrons. The normalized spacial score (nSPS) is 21.6. The van der Waals surface area contributed by atoms with E-state index in [0.717, 1.165) is 16.9 Å². The van der Waals surface area contributed by atoms with Crippen LogP contribution in [0.4, 0.5) is 0 Å². The first-order chi connectivity index (χ1) is 9.81. The number of hydrogen-bond donors (Lipinski definition) is 0. The highest BCUT2D eigenvalue weighted by molar-refractivity contribution is 6.00. The molecule has 0 N–H and O–H groups in total. The molecule has 100 valence electrons. The Balaban J connectivity index is 2.07. The van der Waals surface area contributed by atoms with Crippen molar-refractivity contribution in [2.45, 2.75) is 11.8 Å². The zero-order chi connectivity index (χ0) is 13.9. The Bertz CT molecular complexity index is 629. The van der Waals surface area contributed by atoms with Gasteiger partial charge < -0.3 is 4.74 Å². The second-order valence-electron chi connectivity index (χ2n) is 4.93. The van der Waals surface area contributed by atoms with Crippen molar-refractivity contribution in [3.63, 3.8) is 0 Å². The van der Waals surface area contributed by atoms with Crippen LogP contribution in [0.5, 0.6) is 0 Å². The lowest BCUT2D eigenvalue weighted by Crippen LogP contribution is -2.14. The SMILES string of the molecule is COC1=CC(=O)[C@H](c2ccccc2)[C@@H]1c1ccccc1. The van der Waals surface area contributed by atoms with E-state index in [1.807, 2.05) is 60.7 Å². The molecular weight excluding hydrogens is 248 g/mol. The predicted molar refractivity (Wildman–Crippen MR) is 78.5 cm³/mol. The van der Waals surface area contributed by atoms with Crippen molar-refractivity contribution >= 4 is 5.78 Å². The molecule has 2 aromatic rings. The Morgan fingerprint density at radius 2 is 1.30 bits per heavy atom. The second kappa shape index (κ2) is 5.33. The van der Waals surface area contributed by atoms with E-state index in [1.165, 1.54) is 0 Å². The van der Waals surface area contributed by atoms with Crippen LogP contribution in [0.25, 0.3) is 0 Å². The third-order valence-electron chi connectivity index (χ3n) is 3.78. The van der Waals surface area contributed by atoms with Crippen molar-refractivity contribution in [1.29, 1.82) is 0 Å². The number of methoxy groups -OCH3 is 1. The minimum atomic E-state index is -0.187. The van der Waals surface area contributed by atoms with Crippen LogP contribution >= 0.6 is 0 Å². The molecule has 0 saturated heterocycles. The van der Waals surface area contributed by atoms with Crippen LogP contribution in [0.1, 0.15) is 23.0 Å². The lowest BCUT2D eigenvalue weighted by atomic mass is 9.82. The van der Waals surface area contributed by atoms with Crippen LogP contribution in [0.2, 0.25) is 0 Å². The zero-order valence-corrected chi connectivity index (χ0v) is 11.3. The van der Waals surface area contributed by atoms with E-state index in [2.05, 4.69) is 0 Å². The maximum absolute atomic E-state index is 12.4. The van der Waals surface area contributed by atoms with Gasteiger partial charge in [-0.3, -0.25) is 4.79 Å². The summed E-state index contributed by atoms with van der Waals surface area (Å²) in [5, 5.41) is 0. The van der Waals surface area contributed by atoms with Crippen LogP contribution in [-0.2, 0) is 9.53 Å². The predicted octanol–water partition coefficient (Wildman–Crippen LogP) is 3.67. The molecule has 0 bridgehead atoms. The molecule has 2 aromatic carbocycles. The number of ether oxygens (including phenoxy) is 1. The summed E-state index contributed by atoms with van der Waals surface area (Å²) >= 11 is 0. The Hall–Kier alpha value is -2.35. The molecule has 0 spiro atoms. The molecule has 0 heterocycles. The lowest BCUT2D eigenvalue weighted by molar-refractivity contribution is -0.115. The molecule has 0 fully saturated rings. The van der Waals surface area contributed by atoms with Crippen LogP contribution in [0.3, 0.4) is 0 Å². The van der Waals surface area contributed by atoms with Crippen molar-refractivity contribution in [2.75, 3.05) is 7.11 Å². The van der Waals surface area contributed by atoms with Crippen molar-refractivity contribution < 1.29 is 9.53 Å². The molecule has 0 amide bonds. The highest BCUT2D eigenvalue weighted by Gasteiger charge is 2.39. The van der Waals surface area contributed by atoms with Gasteiger partial charge in [0.05, 0.1) is 18.9 Å². The first-order valence-corrected chi connectivity index (χ1v) is 6.70. The average Bonchev–Trinajstić information content (AvgIpc) is 2.85. The summed E-state index contributed by atoms with van der Waals surface area (Å²) in [5.41, 5.74) is 2.15. The van der Waals surface area contributed by atoms with E-state index in [-0.39, 0.29) is 17.6 Å². The Labute approximate surface area is 118 Å². The minimum absolute atomic E-state index is 0.0314. The molecular formula is C18H16O2. The number of hydrogen-bond acceptors (Lipinski definition) is 2. The number of carbonyl (C=O) groups is 1. The van der Waals surface area contributed by atoms with Crippen LogP contribution in [0.15, 0.2) is 72.5 Å². The Morgan fingerprint density at radius 3 is 1.80 bits per heavy atom. The van der Waals surface area contributed by atoms with Crippen molar-refractivity contribution in [3.05, 3.63) is 83.6 Å².